The summed E-state index contributed by atoms with van der Waals surface area (Å²) >= 11 is 0. The Balaban J connectivity index is 2.32. The average molecular weight is 309 g/mol. The third-order valence-corrected chi connectivity index (χ3v) is 3.87. The first-order valence-electron chi connectivity index (χ1n) is 5.54. The van der Waals surface area contributed by atoms with E-state index in [-0.39, 0.29) is 25.1 Å². The Bertz CT molecular complexity index is 654. The van der Waals surface area contributed by atoms with Gasteiger partial charge in [0.2, 0.25) is 0 Å². The van der Waals surface area contributed by atoms with Crippen molar-refractivity contribution in [2.24, 2.45) is 0 Å². The molecule has 0 fully saturated rings. The van der Waals surface area contributed by atoms with Gasteiger partial charge in [-0.3, -0.25) is 9.35 Å². The van der Waals surface area contributed by atoms with Crippen LogP contribution in [0.1, 0.15) is 11.1 Å². The van der Waals surface area contributed by atoms with Gasteiger partial charge in [0.1, 0.15) is 0 Å². The molecule has 0 aromatic heterocycles. The van der Waals surface area contributed by atoms with Crippen LogP contribution in [0.2, 0.25) is 0 Å². The Morgan fingerprint density at radius 3 is 2.45 bits per heavy atom. The molecular formula is C11H10F3NO4S. The minimum absolute atomic E-state index is 0.0867. The van der Waals surface area contributed by atoms with E-state index in [9.17, 15) is 26.4 Å². The molecule has 0 bridgehead atoms. The number of alkyl halides is 3. The van der Waals surface area contributed by atoms with Crippen LogP contribution in [0.4, 0.5) is 13.2 Å². The Morgan fingerprint density at radius 1 is 1.25 bits per heavy atom. The number of carbonyl (C=O) groups is 1. The molecule has 0 aliphatic carbocycles. The largest absolute Gasteiger partial charge is 0.471 e. The molecule has 20 heavy (non-hydrogen) atoms. The highest BCUT2D eigenvalue weighted by Gasteiger charge is 2.43. The minimum Gasteiger partial charge on any atom is -0.330 e. The summed E-state index contributed by atoms with van der Waals surface area (Å²) in [6, 6.07) is 3.68. The normalized spacial score (nSPS) is 15.9. The fourth-order valence-corrected chi connectivity index (χ4v) is 2.58. The fraction of sp³-hybridized carbons (Fsp3) is 0.364. The lowest BCUT2D eigenvalue weighted by molar-refractivity contribution is -0.186. The number of amides is 1. The van der Waals surface area contributed by atoms with Crippen molar-refractivity contribution in [2.45, 2.75) is 24.0 Å². The van der Waals surface area contributed by atoms with Crippen molar-refractivity contribution in [3.63, 3.8) is 0 Å². The van der Waals surface area contributed by atoms with Crippen LogP contribution in [0.3, 0.4) is 0 Å². The fourth-order valence-electron chi connectivity index (χ4n) is 2.05. The van der Waals surface area contributed by atoms with Crippen LogP contribution >= 0.6 is 0 Å². The molecule has 1 amide bonds. The first-order valence-corrected chi connectivity index (χ1v) is 6.98. The van der Waals surface area contributed by atoms with Gasteiger partial charge in [0.25, 0.3) is 10.1 Å². The van der Waals surface area contributed by atoms with Gasteiger partial charge in [0.15, 0.2) is 0 Å². The molecular weight excluding hydrogens is 299 g/mol. The van der Waals surface area contributed by atoms with Crippen LogP contribution in [0, 0.1) is 0 Å². The molecule has 0 spiro atoms. The predicted octanol–water partition coefficient (Wildman–Crippen LogP) is 1.38. The van der Waals surface area contributed by atoms with Gasteiger partial charge in [-0.2, -0.15) is 21.6 Å². The van der Waals surface area contributed by atoms with Gasteiger partial charge < -0.3 is 4.90 Å². The van der Waals surface area contributed by atoms with Gasteiger partial charge in [-0.05, 0) is 29.7 Å². The highest BCUT2D eigenvalue weighted by molar-refractivity contribution is 7.85. The summed E-state index contributed by atoms with van der Waals surface area (Å²) < 4.78 is 67.9. The first kappa shape index (κ1) is 14.8. The lowest BCUT2D eigenvalue weighted by Crippen LogP contribution is -2.43. The van der Waals surface area contributed by atoms with Crippen molar-refractivity contribution in [1.29, 1.82) is 0 Å². The second-order valence-corrected chi connectivity index (χ2v) is 5.80. The minimum atomic E-state index is -4.96. The number of halogens is 3. The molecule has 9 heteroatoms. The summed E-state index contributed by atoms with van der Waals surface area (Å²) in [5, 5.41) is 0. The van der Waals surface area contributed by atoms with E-state index in [1.54, 1.807) is 0 Å². The van der Waals surface area contributed by atoms with E-state index < -0.39 is 27.1 Å². The summed E-state index contributed by atoms with van der Waals surface area (Å²) in [4.78, 5) is 11.3. The molecule has 0 saturated carbocycles. The molecule has 110 valence electrons. The lowest BCUT2D eigenvalue weighted by Gasteiger charge is -2.29. The molecule has 0 radical (unpaired) electrons. The molecule has 1 aliphatic rings. The van der Waals surface area contributed by atoms with E-state index in [0.717, 1.165) is 6.07 Å². The number of benzene rings is 1. The zero-order chi connectivity index (χ0) is 15.1. The van der Waals surface area contributed by atoms with Crippen LogP contribution in [0.5, 0.6) is 0 Å². The van der Waals surface area contributed by atoms with Gasteiger partial charge in [0, 0.05) is 13.1 Å². The number of hydrogen-bond donors (Lipinski definition) is 1. The quantitative estimate of drug-likeness (QED) is 0.795. The molecule has 1 heterocycles. The van der Waals surface area contributed by atoms with Gasteiger partial charge >= 0.3 is 12.1 Å². The molecule has 2 rings (SSSR count). The van der Waals surface area contributed by atoms with Crippen molar-refractivity contribution in [3.8, 4) is 0 Å². The van der Waals surface area contributed by atoms with Crippen LogP contribution in [0.15, 0.2) is 23.1 Å². The van der Waals surface area contributed by atoms with Gasteiger partial charge in [0.05, 0.1) is 4.90 Å². The maximum absolute atomic E-state index is 12.4. The molecule has 0 saturated heterocycles. The average Bonchev–Trinajstić information content (AvgIpc) is 2.34. The van der Waals surface area contributed by atoms with E-state index in [0.29, 0.717) is 10.5 Å². The molecule has 1 aliphatic heterocycles. The van der Waals surface area contributed by atoms with Gasteiger partial charge in [-0.1, -0.05) is 6.07 Å². The van der Waals surface area contributed by atoms with Crippen LogP contribution in [-0.4, -0.2) is 36.5 Å². The molecule has 1 aromatic rings. The number of carbonyl (C=O) groups excluding carboxylic acids is 1. The predicted molar refractivity (Wildman–Crippen MR) is 61.4 cm³/mol. The SMILES string of the molecule is O=C(N1CCc2ccc(S(=O)(=O)O)cc2C1)C(F)(F)F. The molecule has 1 aromatic carbocycles. The monoisotopic (exact) mass is 309 g/mol. The second kappa shape index (κ2) is 4.74. The summed E-state index contributed by atoms with van der Waals surface area (Å²) in [7, 11) is -4.43. The number of fused-ring (bicyclic) bond motifs is 1. The van der Waals surface area contributed by atoms with Crippen LogP contribution < -0.4 is 0 Å². The number of rotatable bonds is 1. The standard InChI is InChI=1S/C11H10F3NO4S/c12-11(13,14)10(16)15-4-3-7-1-2-9(20(17,18)19)5-8(7)6-15/h1-2,5H,3-4,6H2,(H,17,18,19). The van der Waals surface area contributed by atoms with E-state index >= 15 is 0 Å². The summed E-state index contributed by atoms with van der Waals surface area (Å²) in [6.07, 6.45) is -4.76. The maximum atomic E-state index is 12.4. The zero-order valence-electron chi connectivity index (χ0n) is 10.0. The number of hydrogen-bond acceptors (Lipinski definition) is 3. The third kappa shape index (κ3) is 2.93. The molecule has 0 atom stereocenters. The van der Waals surface area contributed by atoms with Gasteiger partial charge in [-0.25, -0.2) is 0 Å². The Labute approximate surface area is 112 Å². The van der Waals surface area contributed by atoms with Crippen molar-refractivity contribution < 1.29 is 30.9 Å². The van der Waals surface area contributed by atoms with Crippen molar-refractivity contribution in [3.05, 3.63) is 29.3 Å². The van der Waals surface area contributed by atoms with E-state index in [4.69, 9.17) is 4.55 Å². The van der Waals surface area contributed by atoms with Crippen molar-refractivity contribution in [1.82, 2.24) is 4.90 Å². The first-order chi connectivity index (χ1) is 9.09. The number of nitrogens with zero attached hydrogens (tertiary/aromatic N) is 1. The van der Waals surface area contributed by atoms with E-state index in [1.165, 1.54) is 12.1 Å². The zero-order valence-corrected chi connectivity index (χ0v) is 10.8. The Kier molecular flexibility index (Phi) is 3.51. The summed E-state index contributed by atoms with van der Waals surface area (Å²) in [5.41, 5.74) is 0.938. The van der Waals surface area contributed by atoms with Crippen molar-refractivity contribution >= 4 is 16.0 Å². The third-order valence-electron chi connectivity index (χ3n) is 3.02. The molecule has 0 unspecified atom stereocenters. The van der Waals surface area contributed by atoms with Crippen LogP contribution in [0.25, 0.3) is 0 Å². The van der Waals surface area contributed by atoms with Crippen molar-refractivity contribution in [2.75, 3.05) is 6.54 Å². The van der Waals surface area contributed by atoms with Crippen LogP contribution in [-0.2, 0) is 27.9 Å². The highest BCUT2D eigenvalue weighted by Crippen LogP contribution is 2.26. The maximum Gasteiger partial charge on any atom is 0.471 e. The van der Waals surface area contributed by atoms with E-state index in [1.807, 2.05) is 0 Å². The van der Waals surface area contributed by atoms with Gasteiger partial charge in [-0.15, -0.1) is 0 Å². The molecule has 1 N–H and O–H groups in total. The topological polar surface area (TPSA) is 74.7 Å². The highest BCUT2D eigenvalue weighted by atomic mass is 32.2. The smallest absolute Gasteiger partial charge is 0.330 e. The summed E-state index contributed by atoms with van der Waals surface area (Å²) in [5.74, 6) is -1.96. The second-order valence-electron chi connectivity index (χ2n) is 4.38. The molecule has 5 nitrogen and oxygen atoms in total. The Morgan fingerprint density at radius 2 is 1.90 bits per heavy atom. The Hall–Kier alpha value is -1.61. The summed E-state index contributed by atoms with van der Waals surface area (Å²) in [6.45, 7) is -0.423. The van der Waals surface area contributed by atoms with E-state index in [2.05, 4.69) is 0 Å². The lowest BCUT2D eigenvalue weighted by atomic mass is 10.00.